The van der Waals surface area contributed by atoms with Gasteiger partial charge in [0.25, 0.3) is 5.91 Å². The number of para-hydroxylation sites is 1. The zero-order chi connectivity index (χ0) is 21.6. The van der Waals surface area contributed by atoms with Crippen molar-refractivity contribution in [3.63, 3.8) is 0 Å². The van der Waals surface area contributed by atoms with Crippen LogP contribution in [0.4, 0.5) is 0 Å². The van der Waals surface area contributed by atoms with Gasteiger partial charge in [0.1, 0.15) is 0 Å². The van der Waals surface area contributed by atoms with E-state index in [1.165, 1.54) is 0 Å². The first-order valence-electron chi connectivity index (χ1n) is 10.2. The molecular weight excluding hydrogens is 406 g/mol. The van der Waals surface area contributed by atoms with E-state index < -0.39 is 0 Å². The minimum Gasteiger partial charge on any atom is -0.267 e. The Morgan fingerprint density at radius 2 is 1.68 bits per heavy atom. The van der Waals surface area contributed by atoms with Crippen LogP contribution in [0.1, 0.15) is 35.7 Å². The Bertz CT molecular complexity index is 1230. The Balaban J connectivity index is 1.72. The van der Waals surface area contributed by atoms with Crippen LogP contribution in [-0.2, 0) is 0 Å². The first-order chi connectivity index (χ1) is 15.2. The van der Waals surface area contributed by atoms with Gasteiger partial charge in [0.05, 0.1) is 22.5 Å². The zero-order valence-corrected chi connectivity index (χ0v) is 17.9. The summed E-state index contributed by atoms with van der Waals surface area (Å²) in [5.74, 6) is -0.265. The third-order valence-corrected chi connectivity index (χ3v) is 5.24. The van der Waals surface area contributed by atoms with Crippen LogP contribution >= 0.6 is 11.6 Å². The molecule has 1 amide bonds. The summed E-state index contributed by atoms with van der Waals surface area (Å²) in [5, 5.41) is 5.90. The molecule has 4 nitrogen and oxygen atoms in total. The lowest BCUT2D eigenvalue weighted by Crippen LogP contribution is -2.20. The molecule has 0 aliphatic carbocycles. The molecule has 1 heterocycles. The van der Waals surface area contributed by atoms with Crippen molar-refractivity contribution < 1.29 is 4.79 Å². The van der Waals surface area contributed by atoms with Crippen LogP contribution in [0.3, 0.4) is 0 Å². The molecule has 1 aromatic heterocycles. The monoisotopic (exact) mass is 427 g/mol. The molecule has 154 valence electrons. The van der Waals surface area contributed by atoms with Crippen LogP contribution in [0.25, 0.3) is 22.2 Å². The van der Waals surface area contributed by atoms with Gasteiger partial charge in [-0.15, -0.1) is 0 Å². The van der Waals surface area contributed by atoms with E-state index in [4.69, 9.17) is 16.6 Å². The van der Waals surface area contributed by atoms with Crippen LogP contribution < -0.4 is 5.43 Å². The van der Waals surface area contributed by atoms with Gasteiger partial charge in [0.15, 0.2) is 0 Å². The molecule has 5 heteroatoms. The van der Waals surface area contributed by atoms with E-state index in [-0.39, 0.29) is 5.91 Å². The summed E-state index contributed by atoms with van der Waals surface area (Å²) in [5.41, 5.74) is 7.51. The SMILES string of the molecule is CCCC(=NNC(=O)c1cc(-c2ccc(Cl)cc2)nc2ccccc12)c1ccccc1. The standard InChI is InChI=1S/C26H22ClN3O/c1-2-8-23(18-9-4-3-5-10-18)29-30-26(31)22-17-25(19-13-15-20(27)16-14-19)28-24-12-7-6-11-21(22)24/h3-7,9-17H,2,8H2,1H3,(H,30,31). The lowest BCUT2D eigenvalue weighted by Gasteiger charge is -2.10. The minimum absolute atomic E-state index is 0.265. The molecule has 3 aromatic carbocycles. The smallest absolute Gasteiger partial charge is 0.267 e. The van der Waals surface area contributed by atoms with Crippen LogP contribution in [-0.4, -0.2) is 16.6 Å². The van der Waals surface area contributed by atoms with Crippen molar-refractivity contribution in [1.29, 1.82) is 0 Å². The molecule has 4 aromatic rings. The first-order valence-corrected chi connectivity index (χ1v) is 10.6. The van der Waals surface area contributed by atoms with E-state index in [2.05, 4.69) is 17.5 Å². The number of nitrogens with one attached hydrogen (secondary N) is 1. The van der Waals surface area contributed by atoms with Crippen molar-refractivity contribution in [3.8, 4) is 11.3 Å². The molecule has 0 aliphatic rings. The summed E-state index contributed by atoms with van der Waals surface area (Å²) < 4.78 is 0. The Kier molecular flexibility index (Phi) is 6.39. The number of hydrogen-bond donors (Lipinski definition) is 1. The molecule has 0 bridgehead atoms. The first kappa shape index (κ1) is 20.8. The number of hydrogen-bond acceptors (Lipinski definition) is 3. The zero-order valence-electron chi connectivity index (χ0n) is 17.2. The summed E-state index contributed by atoms with van der Waals surface area (Å²) in [6.07, 6.45) is 1.71. The Morgan fingerprint density at radius 3 is 2.42 bits per heavy atom. The molecule has 0 spiro atoms. The van der Waals surface area contributed by atoms with Gasteiger partial charge < -0.3 is 0 Å². The van der Waals surface area contributed by atoms with E-state index in [1.807, 2.05) is 78.9 Å². The second kappa shape index (κ2) is 9.54. The summed E-state index contributed by atoms with van der Waals surface area (Å²) in [7, 11) is 0. The van der Waals surface area contributed by atoms with Gasteiger partial charge in [-0.05, 0) is 36.2 Å². The van der Waals surface area contributed by atoms with Gasteiger partial charge in [-0.1, -0.05) is 85.6 Å². The highest BCUT2D eigenvalue weighted by molar-refractivity contribution is 6.30. The van der Waals surface area contributed by atoms with Crippen molar-refractivity contribution in [2.45, 2.75) is 19.8 Å². The second-order valence-corrected chi connectivity index (χ2v) is 7.63. The number of nitrogens with zero attached hydrogens (tertiary/aromatic N) is 2. The highest BCUT2D eigenvalue weighted by Crippen LogP contribution is 2.26. The van der Waals surface area contributed by atoms with Crippen LogP contribution in [0.5, 0.6) is 0 Å². The number of amides is 1. The number of rotatable bonds is 6. The summed E-state index contributed by atoms with van der Waals surface area (Å²) in [4.78, 5) is 17.9. The van der Waals surface area contributed by atoms with Crippen LogP contribution in [0.2, 0.25) is 5.02 Å². The molecule has 0 unspecified atom stereocenters. The van der Waals surface area contributed by atoms with Crippen molar-refractivity contribution in [3.05, 3.63) is 101 Å². The molecule has 0 radical (unpaired) electrons. The summed E-state index contributed by atoms with van der Waals surface area (Å²) >= 11 is 6.02. The van der Waals surface area contributed by atoms with E-state index >= 15 is 0 Å². The number of fused-ring (bicyclic) bond motifs is 1. The maximum Gasteiger partial charge on any atom is 0.272 e. The lowest BCUT2D eigenvalue weighted by molar-refractivity contribution is 0.0956. The minimum atomic E-state index is -0.265. The molecule has 4 rings (SSSR count). The molecule has 0 atom stereocenters. The van der Waals surface area contributed by atoms with Gasteiger partial charge in [-0.2, -0.15) is 5.10 Å². The Labute approximate surface area is 186 Å². The molecule has 31 heavy (non-hydrogen) atoms. The number of carbonyl (C=O) groups is 1. The van der Waals surface area contributed by atoms with Gasteiger partial charge in [-0.25, -0.2) is 10.4 Å². The normalized spacial score (nSPS) is 11.5. The van der Waals surface area contributed by atoms with Gasteiger partial charge >= 0.3 is 0 Å². The van der Waals surface area contributed by atoms with Crippen molar-refractivity contribution in [1.82, 2.24) is 10.4 Å². The maximum atomic E-state index is 13.2. The highest BCUT2D eigenvalue weighted by atomic mass is 35.5. The average Bonchev–Trinajstić information content (AvgIpc) is 2.82. The topological polar surface area (TPSA) is 54.4 Å². The van der Waals surface area contributed by atoms with E-state index in [9.17, 15) is 4.79 Å². The second-order valence-electron chi connectivity index (χ2n) is 7.19. The largest absolute Gasteiger partial charge is 0.272 e. The average molecular weight is 428 g/mol. The molecule has 1 N–H and O–H groups in total. The number of pyridine rings is 1. The number of benzene rings is 3. The quantitative estimate of drug-likeness (QED) is 0.282. The molecule has 0 saturated heterocycles. The Morgan fingerprint density at radius 1 is 0.968 bits per heavy atom. The fourth-order valence-electron chi connectivity index (χ4n) is 3.44. The van der Waals surface area contributed by atoms with Crippen molar-refractivity contribution >= 4 is 34.1 Å². The lowest BCUT2D eigenvalue weighted by atomic mass is 10.0. The van der Waals surface area contributed by atoms with E-state index in [1.54, 1.807) is 6.07 Å². The van der Waals surface area contributed by atoms with E-state index in [0.717, 1.165) is 40.6 Å². The van der Waals surface area contributed by atoms with Crippen molar-refractivity contribution in [2.24, 2.45) is 5.10 Å². The van der Waals surface area contributed by atoms with Gasteiger partial charge in [0.2, 0.25) is 0 Å². The Hall–Kier alpha value is -3.50. The maximum absolute atomic E-state index is 13.2. The van der Waals surface area contributed by atoms with Crippen LogP contribution in [0.15, 0.2) is 90.0 Å². The fraction of sp³-hybridized carbons (Fsp3) is 0.115. The molecule has 0 saturated carbocycles. The van der Waals surface area contributed by atoms with E-state index in [0.29, 0.717) is 16.3 Å². The molecule has 0 fully saturated rings. The number of hydrazone groups is 1. The molecular formula is C26H22ClN3O. The summed E-state index contributed by atoms with van der Waals surface area (Å²) in [6.45, 7) is 2.09. The summed E-state index contributed by atoms with van der Waals surface area (Å²) in [6, 6.07) is 26.7. The predicted octanol–water partition coefficient (Wildman–Crippen LogP) is 6.49. The fourth-order valence-corrected chi connectivity index (χ4v) is 3.57. The number of aromatic nitrogens is 1. The third kappa shape index (κ3) is 4.81. The van der Waals surface area contributed by atoms with Crippen LogP contribution in [0, 0.1) is 0 Å². The predicted molar refractivity (Wildman–Crippen MR) is 128 cm³/mol. The highest BCUT2D eigenvalue weighted by Gasteiger charge is 2.14. The van der Waals surface area contributed by atoms with Gasteiger partial charge in [-0.3, -0.25) is 4.79 Å². The number of carbonyl (C=O) groups excluding carboxylic acids is 1. The number of halogens is 1. The third-order valence-electron chi connectivity index (χ3n) is 4.99. The van der Waals surface area contributed by atoms with Crippen molar-refractivity contribution in [2.75, 3.05) is 0 Å². The molecule has 0 aliphatic heterocycles. The van der Waals surface area contributed by atoms with Gasteiger partial charge in [0, 0.05) is 16.0 Å².